The Hall–Kier alpha value is -1.35. The van der Waals surface area contributed by atoms with Crippen LogP contribution in [0.15, 0.2) is 30.3 Å². The number of aliphatic hydroxyl groups excluding tert-OH is 1. The monoisotopic (exact) mass is 262 g/mol. The molecule has 19 heavy (non-hydrogen) atoms. The topological polar surface area (TPSA) is 46.5 Å². The van der Waals surface area contributed by atoms with Gasteiger partial charge in [0.05, 0.1) is 12.0 Å². The third-order valence-electron chi connectivity index (χ3n) is 4.11. The number of carbonyl (C=O) groups is 1. The molecule has 1 aliphatic carbocycles. The highest BCUT2D eigenvalue weighted by atomic mass is 16.5. The van der Waals surface area contributed by atoms with Gasteiger partial charge < -0.3 is 9.84 Å². The van der Waals surface area contributed by atoms with E-state index in [-0.39, 0.29) is 23.9 Å². The lowest BCUT2D eigenvalue weighted by Gasteiger charge is -2.23. The van der Waals surface area contributed by atoms with Gasteiger partial charge in [-0.2, -0.15) is 0 Å². The van der Waals surface area contributed by atoms with E-state index in [1.807, 2.05) is 37.3 Å². The zero-order valence-corrected chi connectivity index (χ0v) is 11.6. The molecule has 0 aromatic heterocycles. The fourth-order valence-corrected chi connectivity index (χ4v) is 2.62. The van der Waals surface area contributed by atoms with Crippen LogP contribution < -0.4 is 0 Å². The lowest BCUT2D eigenvalue weighted by atomic mass is 9.96. The largest absolute Gasteiger partial charge is 0.462 e. The molecule has 0 heterocycles. The first kappa shape index (κ1) is 14.1. The Morgan fingerprint density at radius 2 is 1.95 bits per heavy atom. The summed E-state index contributed by atoms with van der Waals surface area (Å²) in [5, 5.41) is 9.73. The van der Waals surface area contributed by atoms with E-state index in [0.717, 1.165) is 18.4 Å². The molecule has 1 saturated carbocycles. The maximum absolute atomic E-state index is 12.0. The lowest BCUT2D eigenvalue weighted by Crippen LogP contribution is -2.29. The van der Waals surface area contributed by atoms with Crippen molar-refractivity contribution >= 4 is 5.97 Å². The molecule has 4 atom stereocenters. The number of aliphatic hydroxyl groups is 1. The minimum atomic E-state index is -0.522. The van der Waals surface area contributed by atoms with Crippen molar-refractivity contribution in [3.05, 3.63) is 35.9 Å². The average molecular weight is 262 g/mol. The minimum absolute atomic E-state index is 0.156. The van der Waals surface area contributed by atoms with E-state index in [0.29, 0.717) is 6.42 Å². The molecule has 3 nitrogen and oxygen atoms in total. The second-order valence-corrected chi connectivity index (χ2v) is 5.45. The molecule has 0 amide bonds. The van der Waals surface area contributed by atoms with Crippen LogP contribution >= 0.6 is 0 Å². The van der Waals surface area contributed by atoms with Crippen LogP contribution in [-0.2, 0) is 9.53 Å². The highest BCUT2D eigenvalue weighted by Gasteiger charge is 2.34. The third-order valence-corrected chi connectivity index (χ3v) is 4.11. The SMILES string of the molecule is CC(OC(=O)C1CCCC1O)C(C)c1ccccc1. The number of ether oxygens (including phenoxy) is 1. The Morgan fingerprint density at radius 1 is 1.26 bits per heavy atom. The zero-order chi connectivity index (χ0) is 13.8. The van der Waals surface area contributed by atoms with Gasteiger partial charge in [-0.15, -0.1) is 0 Å². The Balaban J connectivity index is 1.93. The summed E-state index contributed by atoms with van der Waals surface area (Å²) in [6, 6.07) is 10.0. The smallest absolute Gasteiger partial charge is 0.311 e. The summed E-state index contributed by atoms with van der Waals surface area (Å²) in [5.41, 5.74) is 1.16. The number of carbonyl (C=O) groups excluding carboxylic acids is 1. The fraction of sp³-hybridized carbons (Fsp3) is 0.562. The Morgan fingerprint density at radius 3 is 2.53 bits per heavy atom. The first-order valence-electron chi connectivity index (χ1n) is 7.03. The number of esters is 1. The summed E-state index contributed by atoms with van der Waals surface area (Å²) in [6.07, 6.45) is 1.66. The van der Waals surface area contributed by atoms with Crippen molar-refractivity contribution in [1.82, 2.24) is 0 Å². The van der Waals surface area contributed by atoms with Crippen LogP contribution in [0.3, 0.4) is 0 Å². The molecule has 0 saturated heterocycles. The molecule has 0 spiro atoms. The first-order chi connectivity index (χ1) is 9.09. The van der Waals surface area contributed by atoms with Crippen LogP contribution in [-0.4, -0.2) is 23.3 Å². The van der Waals surface area contributed by atoms with Crippen molar-refractivity contribution in [3.63, 3.8) is 0 Å². The third kappa shape index (κ3) is 3.35. The standard InChI is InChI=1S/C16H22O3/c1-11(13-7-4-3-5-8-13)12(2)19-16(18)14-9-6-10-15(14)17/h3-5,7-8,11-12,14-15,17H,6,9-10H2,1-2H3. The van der Waals surface area contributed by atoms with Crippen LogP contribution in [0.25, 0.3) is 0 Å². The molecule has 104 valence electrons. The molecule has 1 N–H and O–H groups in total. The predicted molar refractivity (Wildman–Crippen MR) is 73.8 cm³/mol. The molecule has 4 unspecified atom stereocenters. The molecule has 1 aromatic carbocycles. The van der Waals surface area contributed by atoms with Crippen LogP contribution in [0.2, 0.25) is 0 Å². The van der Waals surface area contributed by atoms with E-state index in [2.05, 4.69) is 6.92 Å². The first-order valence-corrected chi connectivity index (χ1v) is 7.03. The lowest BCUT2D eigenvalue weighted by molar-refractivity contribution is -0.157. The van der Waals surface area contributed by atoms with Crippen molar-refractivity contribution in [2.45, 2.75) is 51.2 Å². The van der Waals surface area contributed by atoms with Gasteiger partial charge in [-0.05, 0) is 31.7 Å². The molecule has 3 heteroatoms. The fourth-order valence-electron chi connectivity index (χ4n) is 2.62. The summed E-state index contributed by atoms with van der Waals surface area (Å²) in [5.74, 6) is -0.422. The molecule has 1 fully saturated rings. The zero-order valence-electron chi connectivity index (χ0n) is 11.6. The summed E-state index contributed by atoms with van der Waals surface area (Å²) in [6.45, 7) is 3.97. The van der Waals surface area contributed by atoms with E-state index in [1.54, 1.807) is 0 Å². The Labute approximate surface area is 114 Å². The normalized spacial score (nSPS) is 25.8. The van der Waals surface area contributed by atoms with Crippen molar-refractivity contribution in [1.29, 1.82) is 0 Å². The van der Waals surface area contributed by atoms with E-state index in [4.69, 9.17) is 4.74 Å². The molecule has 0 aliphatic heterocycles. The summed E-state index contributed by atoms with van der Waals surface area (Å²) < 4.78 is 5.52. The molecule has 0 bridgehead atoms. The Bertz CT molecular complexity index is 415. The van der Waals surface area contributed by atoms with Gasteiger partial charge in [0, 0.05) is 5.92 Å². The second kappa shape index (κ2) is 6.20. The quantitative estimate of drug-likeness (QED) is 0.849. The minimum Gasteiger partial charge on any atom is -0.462 e. The van der Waals surface area contributed by atoms with E-state index in [9.17, 15) is 9.90 Å². The van der Waals surface area contributed by atoms with Gasteiger partial charge in [0.1, 0.15) is 6.10 Å². The average Bonchev–Trinajstić information content (AvgIpc) is 2.85. The van der Waals surface area contributed by atoms with Crippen LogP contribution in [0.1, 0.15) is 44.6 Å². The highest BCUT2D eigenvalue weighted by molar-refractivity contribution is 5.73. The number of rotatable bonds is 4. The number of hydrogen-bond acceptors (Lipinski definition) is 3. The summed E-state index contributed by atoms with van der Waals surface area (Å²) in [7, 11) is 0. The molecule has 1 aliphatic rings. The van der Waals surface area contributed by atoms with E-state index < -0.39 is 6.10 Å². The summed E-state index contributed by atoms with van der Waals surface area (Å²) >= 11 is 0. The molecule has 0 radical (unpaired) electrons. The van der Waals surface area contributed by atoms with Crippen molar-refractivity contribution < 1.29 is 14.6 Å². The summed E-state index contributed by atoms with van der Waals surface area (Å²) in [4.78, 5) is 12.0. The van der Waals surface area contributed by atoms with Crippen LogP contribution in [0.5, 0.6) is 0 Å². The van der Waals surface area contributed by atoms with Crippen molar-refractivity contribution in [2.24, 2.45) is 5.92 Å². The van der Waals surface area contributed by atoms with Crippen molar-refractivity contribution in [3.8, 4) is 0 Å². The second-order valence-electron chi connectivity index (χ2n) is 5.45. The van der Waals surface area contributed by atoms with Gasteiger partial charge in [-0.3, -0.25) is 4.79 Å². The van der Waals surface area contributed by atoms with Gasteiger partial charge in [0.2, 0.25) is 0 Å². The van der Waals surface area contributed by atoms with Gasteiger partial charge >= 0.3 is 5.97 Å². The van der Waals surface area contributed by atoms with Gasteiger partial charge in [0.25, 0.3) is 0 Å². The van der Waals surface area contributed by atoms with E-state index in [1.165, 1.54) is 0 Å². The molecular weight excluding hydrogens is 240 g/mol. The molecule has 1 aromatic rings. The maximum atomic E-state index is 12.0. The number of hydrogen-bond donors (Lipinski definition) is 1. The van der Waals surface area contributed by atoms with Crippen molar-refractivity contribution in [2.75, 3.05) is 0 Å². The van der Waals surface area contributed by atoms with Crippen LogP contribution in [0.4, 0.5) is 0 Å². The molecular formula is C16H22O3. The van der Waals surface area contributed by atoms with Gasteiger partial charge in [-0.25, -0.2) is 0 Å². The Kier molecular flexibility index (Phi) is 4.59. The predicted octanol–water partition coefficient (Wildman–Crippen LogP) is 2.88. The van der Waals surface area contributed by atoms with E-state index >= 15 is 0 Å². The van der Waals surface area contributed by atoms with Crippen LogP contribution in [0, 0.1) is 5.92 Å². The maximum Gasteiger partial charge on any atom is 0.311 e. The van der Waals surface area contributed by atoms with Gasteiger partial charge in [-0.1, -0.05) is 37.3 Å². The molecule has 2 rings (SSSR count). The highest BCUT2D eigenvalue weighted by Crippen LogP contribution is 2.28. The van der Waals surface area contributed by atoms with Gasteiger partial charge in [0.15, 0.2) is 0 Å². The number of benzene rings is 1.